The zero-order valence-corrected chi connectivity index (χ0v) is 10.2. The Hall–Kier alpha value is -0.570. The first-order valence-electron chi connectivity index (χ1n) is 6.13. The van der Waals surface area contributed by atoms with E-state index in [1.54, 1.807) is 0 Å². The van der Waals surface area contributed by atoms with E-state index in [0.29, 0.717) is 24.4 Å². The Balaban J connectivity index is 2.49. The van der Waals surface area contributed by atoms with Crippen LogP contribution in [0.3, 0.4) is 0 Å². The average Bonchev–Trinajstić information content (AvgIpc) is 2.56. The number of nitrogens with zero attached hydrogens (tertiary/aromatic N) is 1. The highest BCUT2D eigenvalue weighted by Crippen LogP contribution is 2.26. The van der Waals surface area contributed by atoms with Crippen LogP contribution >= 0.6 is 0 Å². The molecule has 0 saturated carbocycles. The quantitative estimate of drug-likeness (QED) is 0.773. The summed E-state index contributed by atoms with van der Waals surface area (Å²) in [6.45, 7) is 6.27. The molecule has 1 saturated heterocycles. The van der Waals surface area contributed by atoms with Crippen LogP contribution in [0.2, 0.25) is 0 Å². The van der Waals surface area contributed by atoms with E-state index in [1.807, 2.05) is 6.92 Å². The van der Waals surface area contributed by atoms with Crippen molar-refractivity contribution in [2.75, 3.05) is 0 Å². The number of hydrogen-bond acceptors (Lipinski definition) is 2. The zero-order chi connectivity index (χ0) is 11.4. The Morgan fingerprint density at radius 1 is 1.53 bits per heavy atom. The van der Waals surface area contributed by atoms with E-state index in [0.717, 1.165) is 19.3 Å². The maximum absolute atomic E-state index is 12.0. The van der Waals surface area contributed by atoms with Crippen molar-refractivity contribution in [3.8, 4) is 0 Å². The molecule has 3 nitrogen and oxygen atoms in total. The van der Waals surface area contributed by atoms with E-state index in [1.165, 1.54) is 6.42 Å². The molecule has 3 atom stereocenters. The molecular weight excluding hydrogens is 188 g/mol. The summed E-state index contributed by atoms with van der Waals surface area (Å²) in [6, 6.07) is 1.03. The Bertz CT molecular complexity index is 216. The molecule has 1 aliphatic heterocycles. The molecule has 2 N–H and O–H groups in total. The van der Waals surface area contributed by atoms with Gasteiger partial charge < -0.3 is 10.6 Å². The second-order valence-electron chi connectivity index (χ2n) is 4.81. The van der Waals surface area contributed by atoms with Crippen LogP contribution in [0.5, 0.6) is 0 Å². The Kier molecular flexibility index (Phi) is 4.58. The summed E-state index contributed by atoms with van der Waals surface area (Å²) in [5.74, 6) is 0.296. The SMILES string of the molecule is CCC1CCC(C)N1C(=O)CCC(C)N. The molecule has 1 rings (SSSR count). The number of rotatable bonds is 4. The summed E-state index contributed by atoms with van der Waals surface area (Å²) in [6.07, 6.45) is 4.81. The molecule has 3 unspecified atom stereocenters. The first kappa shape index (κ1) is 12.5. The Labute approximate surface area is 93.0 Å². The fourth-order valence-corrected chi connectivity index (χ4v) is 2.40. The molecule has 0 bridgehead atoms. The topological polar surface area (TPSA) is 46.3 Å². The van der Waals surface area contributed by atoms with Crippen molar-refractivity contribution < 1.29 is 4.79 Å². The molecule has 1 aliphatic rings. The number of amides is 1. The molecule has 3 heteroatoms. The monoisotopic (exact) mass is 212 g/mol. The van der Waals surface area contributed by atoms with E-state index in [4.69, 9.17) is 5.73 Å². The molecule has 88 valence electrons. The van der Waals surface area contributed by atoms with E-state index in [9.17, 15) is 4.79 Å². The van der Waals surface area contributed by atoms with Crippen LogP contribution in [-0.2, 0) is 4.79 Å². The van der Waals surface area contributed by atoms with E-state index in [-0.39, 0.29) is 6.04 Å². The molecule has 0 aromatic carbocycles. The van der Waals surface area contributed by atoms with Gasteiger partial charge in [0.15, 0.2) is 0 Å². The summed E-state index contributed by atoms with van der Waals surface area (Å²) in [5, 5.41) is 0. The first-order valence-corrected chi connectivity index (χ1v) is 6.13. The van der Waals surface area contributed by atoms with E-state index < -0.39 is 0 Å². The molecule has 0 aliphatic carbocycles. The van der Waals surface area contributed by atoms with Gasteiger partial charge in [-0.25, -0.2) is 0 Å². The van der Waals surface area contributed by atoms with Crippen molar-refractivity contribution in [2.24, 2.45) is 5.73 Å². The molecule has 0 aromatic rings. The second-order valence-corrected chi connectivity index (χ2v) is 4.81. The largest absolute Gasteiger partial charge is 0.337 e. The highest BCUT2D eigenvalue weighted by molar-refractivity contribution is 5.77. The number of likely N-dealkylation sites (tertiary alicyclic amines) is 1. The minimum Gasteiger partial charge on any atom is -0.337 e. The highest BCUT2D eigenvalue weighted by Gasteiger charge is 2.32. The van der Waals surface area contributed by atoms with Gasteiger partial charge in [-0.1, -0.05) is 6.92 Å². The van der Waals surface area contributed by atoms with Gasteiger partial charge in [0, 0.05) is 24.5 Å². The molecule has 0 spiro atoms. The van der Waals surface area contributed by atoms with Crippen molar-refractivity contribution in [1.82, 2.24) is 4.90 Å². The van der Waals surface area contributed by atoms with Gasteiger partial charge in [-0.05, 0) is 39.5 Å². The second kappa shape index (κ2) is 5.50. The highest BCUT2D eigenvalue weighted by atomic mass is 16.2. The summed E-state index contributed by atoms with van der Waals surface area (Å²) >= 11 is 0. The van der Waals surface area contributed by atoms with Crippen molar-refractivity contribution in [3.63, 3.8) is 0 Å². The standard InChI is InChI=1S/C12H24N2O/c1-4-11-7-6-10(3)14(11)12(15)8-5-9(2)13/h9-11H,4-8,13H2,1-3H3. The lowest BCUT2D eigenvalue weighted by atomic mass is 10.1. The minimum atomic E-state index is 0.131. The average molecular weight is 212 g/mol. The van der Waals surface area contributed by atoms with Crippen LogP contribution in [0, 0.1) is 0 Å². The Morgan fingerprint density at radius 3 is 2.73 bits per heavy atom. The van der Waals surface area contributed by atoms with Crippen molar-refractivity contribution in [1.29, 1.82) is 0 Å². The van der Waals surface area contributed by atoms with Crippen LogP contribution in [0.4, 0.5) is 0 Å². The van der Waals surface area contributed by atoms with Crippen molar-refractivity contribution >= 4 is 5.91 Å². The molecule has 15 heavy (non-hydrogen) atoms. The lowest BCUT2D eigenvalue weighted by molar-refractivity contribution is -0.134. The van der Waals surface area contributed by atoms with Crippen LogP contribution in [-0.4, -0.2) is 28.9 Å². The lowest BCUT2D eigenvalue weighted by Gasteiger charge is -2.28. The number of carbonyl (C=O) groups excluding carboxylic acids is 1. The summed E-state index contributed by atoms with van der Waals surface area (Å²) in [5.41, 5.74) is 5.67. The van der Waals surface area contributed by atoms with Gasteiger partial charge in [-0.15, -0.1) is 0 Å². The van der Waals surface area contributed by atoms with Crippen molar-refractivity contribution in [3.05, 3.63) is 0 Å². The van der Waals surface area contributed by atoms with Gasteiger partial charge in [-0.3, -0.25) is 4.79 Å². The van der Waals surface area contributed by atoms with Gasteiger partial charge in [0.25, 0.3) is 0 Å². The fraction of sp³-hybridized carbons (Fsp3) is 0.917. The summed E-state index contributed by atoms with van der Waals surface area (Å²) in [7, 11) is 0. The van der Waals surface area contributed by atoms with Gasteiger partial charge >= 0.3 is 0 Å². The van der Waals surface area contributed by atoms with Crippen LogP contribution in [0.25, 0.3) is 0 Å². The molecule has 1 fully saturated rings. The number of carbonyl (C=O) groups is 1. The minimum absolute atomic E-state index is 0.131. The molecule has 0 radical (unpaired) electrons. The summed E-state index contributed by atoms with van der Waals surface area (Å²) in [4.78, 5) is 14.1. The predicted molar refractivity (Wildman–Crippen MR) is 62.5 cm³/mol. The van der Waals surface area contributed by atoms with Gasteiger partial charge in [-0.2, -0.15) is 0 Å². The van der Waals surface area contributed by atoms with Crippen LogP contribution in [0.15, 0.2) is 0 Å². The molecule has 0 aromatic heterocycles. The van der Waals surface area contributed by atoms with E-state index >= 15 is 0 Å². The number of hydrogen-bond donors (Lipinski definition) is 1. The molecule has 1 heterocycles. The molecule has 1 amide bonds. The third-order valence-electron chi connectivity index (χ3n) is 3.36. The summed E-state index contributed by atoms with van der Waals surface area (Å²) < 4.78 is 0. The maximum atomic E-state index is 12.0. The van der Waals surface area contributed by atoms with Gasteiger partial charge in [0.05, 0.1) is 0 Å². The van der Waals surface area contributed by atoms with Crippen LogP contribution < -0.4 is 5.73 Å². The maximum Gasteiger partial charge on any atom is 0.223 e. The number of nitrogens with two attached hydrogens (primary N) is 1. The smallest absolute Gasteiger partial charge is 0.223 e. The third kappa shape index (κ3) is 3.20. The normalized spacial score (nSPS) is 28.1. The first-order chi connectivity index (χ1) is 7.06. The van der Waals surface area contributed by atoms with Gasteiger partial charge in [0.1, 0.15) is 0 Å². The van der Waals surface area contributed by atoms with E-state index in [2.05, 4.69) is 18.7 Å². The Morgan fingerprint density at radius 2 is 2.20 bits per heavy atom. The third-order valence-corrected chi connectivity index (χ3v) is 3.36. The fourth-order valence-electron chi connectivity index (χ4n) is 2.40. The zero-order valence-electron chi connectivity index (χ0n) is 10.2. The van der Waals surface area contributed by atoms with Gasteiger partial charge in [0.2, 0.25) is 5.91 Å². The molecular formula is C12H24N2O. The predicted octanol–water partition coefficient (Wildman–Crippen LogP) is 1.90. The van der Waals surface area contributed by atoms with Crippen LogP contribution in [0.1, 0.15) is 52.9 Å². The lowest BCUT2D eigenvalue weighted by Crippen LogP contribution is -2.40. The van der Waals surface area contributed by atoms with Crippen molar-refractivity contribution in [2.45, 2.75) is 71.0 Å².